The van der Waals surface area contributed by atoms with E-state index in [1.54, 1.807) is 6.92 Å². The van der Waals surface area contributed by atoms with Crippen LogP contribution in [0.15, 0.2) is 46.0 Å². The number of hydrogen-bond acceptors (Lipinski definition) is 4. The lowest BCUT2D eigenvalue weighted by Gasteiger charge is -2.21. The molecule has 0 spiro atoms. The molecule has 0 unspecified atom stereocenters. The monoisotopic (exact) mass is 316 g/mol. The van der Waals surface area contributed by atoms with Crippen molar-refractivity contribution in [2.75, 3.05) is 14.2 Å². The smallest absolute Gasteiger partial charge is 0.228 e. The van der Waals surface area contributed by atoms with Crippen molar-refractivity contribution in [3.05, 3.63) is 52.9 Å². The maximum atomic E-state index is 12.6. The molecular weight excluding hydrogens is 292 g/mol. The molecule has 0 heterocycles. The summed E-state index contributed by atoms with van der Waals surface area (Å²) in [6, 6.07) is 0. The van der Waals surface area contributed by atoms with Crippen LogP contribution in [0, 0.1) is 6.92 Å². The standard InChI is InChI=1S/C19H24O4/c1-7-14(10-8-9-12(2)3)11-15-13(4)16(20)18(22-5)19(23-6)17(15)21/h2,7,9H,8,10-11H2,1,3-6H3/b12-9-,14-7-. The van der Waals surface area contributed by atoms with Gasteiger partial charge in [-0.1, -0.05) is 23.3 Å². The van der Waals surface area contributed by atoms with Gasteiger partial charge < -0.3 is 9.47 Å². The normalized spacial score (nSPS) is 17.1. The minimum absolute atomic E-state index is 0.0220. The minimum Gasteiger partial charge on any atom is -0.489 e. The highest BCUT2D eigenvalue weighted by Crippen LogP contribution is 2.30. The van der Waals surface area contributed by atoms with Crippen LogP contribution >= 0.6 is 0 Å². The van der Waals surface area contributed by atoms with Crippen molar-refractivity contribution in [2.24, 2.45) is 0 Å². The molecule has 0 atom stereocenters. The van der Waals surface area contributed by atoms with Gasteiger partial charge in [0.2, 0.25) is 23.1 Å². The predicted molar refractivity (Wildman–Crippen MR) is 89.4 cm³/mol. The second kappa shape index (κ2) is 8.51. The second-order valence-electron chi connectivity index (χ2n) is 5.44. The minimum atomic E-state index is -0.299. The average Bonchev–Trinajstić information content (AvgIpc) is 2.52. The number of carbonyl (C=O) groups is 2. The van der Waals surface area contributed by atoms with E-state index in [2.05, 4.69) is 0 Å². The summed E-state index contributed by atoms with van der Waals surface area (Å²) in [4.78, 5) is 24.9. The van der Waals surface area contributed by atoms with Crippen LogP contribution < -0.4 is 0 Å². The van der Waals surface area contributed by atoms with Crippen LogP contribution in [0.4, 0.5) is 0 Å². The van der Waals surface area contributed by atoms with Gasteiger partial charge in [-0.15, -0.1) is 0 Å². The Bertz CT molecular complexity index is 611. The number of allylic oxidation sites excluding steroid dienone is 6. The van der Waals surface area contributed by atoms with E-state index in [0.29, 0.717) is 17.6 Å². The third-order valence-electron chi connectivity index (χ3n) is 3.84. The number of ketones is 2. The van der Waals surface area contributed by atoms with Gasteiger partial charge in [0, 0.05) is 11.1 Å². The molecule has 2 radical (unpaired) electrons. The van der Waals surface area contributed by atoms with Gasteiger partial charge in [-0.3, -0.25) is 9.59 Å². The molecule has 1 aliphatic carbocycles. The topological polar surface area (TPSA) is 52.6 Å². The molecule has 4 heteroatoms. The SMILES string of the molecule is [CH]/C(C)=C/CC/C(=C/C)CC1=C(C)C(=O)C(OC)=C(OC)C1=O. The Morgan fingerprint density at radius 1 is 1.13 bits per heavy atom. The van der Waals surface area contributed by atoms with Crippen LogP contribution in [-0.4, -0.2) is 25.8 Å². The third kappa shape index (κ3) is 4.44. The maximum Gasteiger partial charge on any atom is 0.228 e. The summed E-state index contributed by atoms with van der Waals surface area (Å²) in [5.41, 5.74) is 2.73. The molecular formula is C19H24O4. The molecule has 0 saturated carbocycles. The van der Waals surface area contributed by atoms with Crippen molar-refractivity contribution in [3.63, 3.8) is 0 Å². The molecule has 1 aliphatic rings. The Morgan fingerprint density at radius 2 is 1.70 bits per heavy atom. The van der Waals surface area contributed by atoms with Gasteiger partial charge in [0.1, 0.15) is 0 Å². The van der Waals surface area contributed by atoms with Crippen molar-refractivity contribution in [1.29, 1.82) is 0 Å². The summed E-state index contributed by atoms with van der Waals surface area (Å²) >= 11 is 0. The largest absolute Gasteiger partial charge is 0.489 e. The molecule has 0 aromatic heterocycles. The van der Waals surface area contributed by atoms with Gasteiger partial charge in [0.05, 0.1) is 14.2 Å². The number of rotatable bonds is 7. The van der Waals surface area contributed by atoms with Gasteiger partial charge in [0.25, 0.3) is 0 Å². The van der Waals surface area contributed by atoms with Crippen LogP contribution in [0.25, 0.3) is 0 Å². The molecule has 1 rings (SSSR count). The Balaban J connectivity index is 3.03. The van der Waals surface area contributed by atoms with E-state index >= 15 is 0 Å². The predicted octanol–water partition coefficient (Wildman–Crippen LogP) is 3.73. The van der Waals surface area contributed by atoms with Crippen molar-refractivity contribution in [3.8, 4) is 0 Å². The number of hydrogen-bond donors (Lipinski definition) is 0. The Hall–Kier alpha value is -2.10. The van der Waals surface area contributed by atoms with Gasteiger partial charge in [0.15, 0.2) is 0 Å². The van der Waals surface area contributed by atoms with E-state index in [9.17, 15) is 9.59 Å². The number of carbonyl (C=O) groups excluding carboxylic acids is 2. The summed E-state index contributed by atoms with van der Waals surface area (Å²) in [5, 5.41) is 0. The molecule has 23 heavy (non-hydrogen) atoms. The second-order valence-corrected chi connectivity index (χ2v) is 5.44. The summed E-state index contributed by atoms with van der Waals surface area (Å²) in [6.45, 7) is 11.0. The fraction of sp³-hybridized carbons (Fsp3) is 0.421. The first-order valence-corrected chi connectivity index (χ1v) is 7.55. The van der Waals surface area contributed by atoms with Crippen molar-refractivity contribution in [2.45, 2.75) is 40.0 Å². The van der Waals surface area contributed by atoms with Crippen LogP contribution in [0.5, 0.6) is 0 Å². The highest BCUT2D eigenvalue weighted by molar-refractivity contribution is 6.23. The number of ether oxygens (including phenoxy) is 2. The van der Waals surface area contributed by atoms with Gasteiger partial charge in [-0.2, -0.15) is 0 Å². The molecule has 4 nitrogen and oxygen atoms in total. The van der Waals surface area contributed by atoms with Crippen molar-refractivity contribution >= 4 is 11.6 Å². The third-order valence-corrected chi connectivity index (χ3v) is 3.84. The Kier molecular flexibility index (Phi) is 7.01. The first kappa shape index (κ1) is 18.9. The maximum absolute atomic E-state index is 12.6. The lowest BCUT2D eigenvalue weighted by molar-refractivity contribution is -0.121. The zero-order valence-corrected chi connectivity index (χ0v) is 14.5. The van der Waals surface area contributed by atoms with Crippen LogP contribution in [-0.2, 0) is 19.1 Å². The van der Waals surface area contributed by atoms with Crippen LogP contribution in [0.2, 0.25) is 0 Å². The Morgan fingerprint density at radius 3 is 2.17 bits per heavy atom. The van der Waals surface area contributed by atoms with Gasteiger partial charge in [-0.25, -0.2) is 0 Å². The lowest BCUT2D eigenvalue weighted by atomic mass is 9.87. The summed E-state index contributed by atoms with van der Waals surface area (Å²) in [6.07, 6.45) is 5.93. The van der Waals surface area contributed by atoms with Gasteiger partial charge >= 0.3 is 0 Å². The summed E-state index contributed by atoms with van der Waals surface area (Å²) in [7, 11) is 2.72. The fourth-order valence-corrected chi connectivity index (χ4v) is 2.45. The molecule has 0 bridgehead atoms. The highest BCUT2D eigenvalue weighted by Gasteiger charge is 2.34. The molecule has 0 aliphatic heterocycles. The summed E-state index contributed by atoms with van der Waals surface area (Å²) < 4.78 is 10.1. The molecule has 124 valence electrons. The zero-order valence-electron chi connectivity index (χ0n) is 14.5. The molecule has 0 amide bonds. The van der Waals surface area contributed by atoms with Crippen LogP contribution in [0.3, 0.4) is 0 Å². The Labute approximate surface area is 138 Å². The summed E-state index contributed by atoms with van der Waals surface area (Å²) in [5.74, 6) is -0.632. The van der Waals surface area contributed by atoms with E-state index in [0.717, 1.165) is 24.0 Å². The molecule has 0 fully saturated rings. The molecule has 0 saturated heterocycles. The molecule has 0 aromatic carbocycles. The first-order valence-electron chi connectivity index (χ1n) is 7.55. The fourth-order valence-electron chi connectivity index (χ4n) is 2.45. The van der Waals surface area contributed by atoms with Gasteiger partial charge in [-0.05, 0) is 47.0 Å². The highest BCUT2D eigenvalue weighted by atomic mass is 16.5. The zero-order chi connectivity index (χ0) is 17.6. The van der Waals surface area contributed by atoms with E-state index in [1.807, 2.05) is 26.0 Å². The van der Waals surface area contributed by atoms with E-state index in [-0.39, 0.29) is 23.1 Å². The quantitative estimate of drug-likeness (QED) is 0.530. The average molecular weight is 316 g/mol. The molecule has 0 N–H and O–H groups in total. The van der Waals surface area contributed by atoms with E-state index in [4.69, 9.17) is 16.4 Å². The lowest BCUT2D eigenvalue weighted by Crippen LogP contribution is -2.25. The van der Waals surface area contributed by atoms with Crippen molar-refractivity contribution < 1.29 is 19.1 Å². The number of Topliss-reactive ketones (excluding diaryl/α,β-unsaturated/α-hetero) is 2. The van der Waals surface area contributed by atoms with Crippen LogP contribution in [0.1, 0.15) is 40.0 Å². The first-order chi connectivity index (χ1) is 10.9. The van der Waals surface area contributed by atoms with Crippen molar-refractivity contribution in [1.82, 2.24) is 0 Å². The number of methoxy groups -OCH3 is 2. The van der Waals surface area contributed by atoms with E-state index in [1.165, 1.54) is 14.2 Å². The molecule has 0 aromatic rings. The van der Waals surface area contributed by atoms with E-state index < -0.39 is 0 Å².